The Labute approximate surface area is 252 Å². The van der Waals surface area contributed by atoms with Gasteiger partial charge in [0.15, 0.2) is 11.7 Å². The van der Waals surface area contributed by atoms with E-state index < -0.39 is 15.8 Å². The van der Waals surface area contributed by atoms with E-state index in [2.05, 4.69) is 114 Å². The molecule has 4 aromatic carbocycles. The third-order valence-electron chi connectivity index (χ3n) is 7.57. The Bertz CT molecular complexity index is 1410. The zero-order chi connectivity index (χ0) is 29.5. The quantitative estimate of drug-likeness (QED) is 0.199. The Kier molecular flexibility index (Phi) is 7.99. The minimum Gasteiger partial charge on any atom is -0.488 e. The number of hydrogen-bond acceptors (Lipinski definition) is 4. The van der Waals surface area contributed by atoms with Gasteiger partial charge in [-0.15, -0.1) is 0 Å². The summed E-state index contributed by atoms with van der Waals surface area (Å²) < 4.78 is 26.9. The fourth-order valence-electron chi connectivity index (χ4n) is 5.80. The highest BCUT2D eigenvalue weighted by Crippen LogP contribution is 2.69. The standard InChI is InChI=1S/C36H40O4P2/c1-35(2,3)41-31-27(37-23-25-15-9-7-10-16-25)19-13-21-29(31)39-33(41)34-40-30-22-14-20-28(32(30)42(34)36(4,5)6)38-24-26-17-11-8-12-18-26/h7-22,33-34H,23-24H2,1-6H3/t33-,34-,41+,42+/m0/s1. The molecule has 6 rings (SSSR count). The van der Waals surface area contributed by atoms with Crippen molar-refractivity contribution in [1.29, 1.82) is 0 Å². The van der Waals surface area contributed by atoms with Gasteiger partial charge in [0.1, 0.15) is 36.2 Å². The number of fused-ring (bicyclic) bond motifs is 2. The van der Waals surface area contributed by atoms with E-state index >= 15 is 0 Å². The molecular weight excluding hydrogens is 558 g/mol. The van der Waals surface area contributed by atoms with Crippen molar-refractivity contribution in [3.8, 4) is 23.0 Å². The molecule has 0 unspecified atom stereocenters. The van der Waals surface area contributed by atoms with Crippen molar-refractivity contribution in [3.63, 3.8) is 0 Å². The fraction of sp³-hybridized carbons (Fsp3) is 0.333. The minimum atomic E-state index is -0.805. The van der Waals surface area contributed by atoms with E-state index in [4.69, 9.17) is 18.9 Å². The molecule has 0 aliphatic carbocycles. The van der Waals surface area contributed by atoms with Gasteiger partial charge in [-0.1, -0.05) is 114 Å². The van der Waals surface area contributed by atoms with Gasteiger partial charge in [0, 0.05) is 0 Å². The highest BCUT2D eigenvalue weighted by molar-refractivity contribution is 7.72. The lowest BCUT2D eigenvalue weighted by atomic mass is 10.2. The molecule has 2 heterocycles. The normalized spacial score (nSPS) is 21.2. The van der Waals surface area contributed by atoms with Crippen LogP contribution in [0.25, 0.3) is 0 Å². The molecule has 0 radical (unpaired) electrons. The predicted molar refractivity (Wildman–Crippen MR) is 176 cm³/mol. The monoisotopic (exact) mass is 598 g/mol. The van der Waals surface area contributed by atoms with Gasteiger partial charge in [0.2, 0.25) is 0 Å². The molecule has 4 nitrogen and oxygen atoms in total. The van der Waals surface area contributed by atoms with Crippen molar-refractivity contribution in [2.45, 2.75) is 76.8 Å². The van der Waals surface area contributed by atoms with E-state index in [1.807, 2.05) is 24.3 Å². The smallest absolute Gasteiger partial charge is 0.162 e. The van der Waals surface area contributed by atoms with Gasteiger partial charge in [-0.25, -0.2) is 0 Å². The van der Waals surface area contributed by atoms with Crippen LogP contribution in [0.4, 0.5) is 0 Å². The van der Waals surface area contributed by atoms with Crippen molar-refractivity contribution in [3.05, 3.63) is 108 Å². The average Bonchev–Trinajstić information content (AvgIpc) is 3.56. The number of benzene rings is 4. The molecule has 2 aliphatic heterocycles. The molecular formula is C36H40O4P2. The van der Waals surface area contributed by atoms with Gasteiger partial charge >= 0.3 is 0 Å². The summed E-state index contributed by atoms with van der Waals surface area (Å²) in [5.74, 6) is 3.49. The van der Waals surface area contributed by atoms with E-state index in [-0.39, 0.29) is 22.0 Å². The SMILES string of the molecule is CC(C)(C)[P@]1c2c(OCc3ccccc3)cccc2O[C@@H]1[C@H]1Oc2cccc(OCc3ccccc3)c2[P@@]1C(C)(C)C. The molecule has 218 valence electrons. The second-order valence-electron chi connectivity index (χ2n) is 12.9. The van der Waals surface area contributed by atoms with E-state index in [1.165, 1.54) is 10.6 Å². The summed E-state index contributed by atoms with van der Waals surface area (Å²) in [7, 11) is -1.61. The van der Waals surface area contributed by atoms with Crippen LogP contribution in [0, 0.1) is 0 Å². The zero-order valence-electron chi connectivity index (χ0n) is 25.3. The Morgan fingerprint density at radius 1 is 0.524 bits per heavy atom. The molecule has 6 heteroatoms. The molecule has 0 spiro atoms. The highest BCUT2D eigenvalue weighted by atomic mass is 31.1. The number of hydrogen-bond donors (Lipinski definition) is 0. The van der Waals surface area contributed by atoms with E-state index in [0.29, 0.717) is 13.2 Å². The molecule has 42 heavy (non-hydrogen) atoms. The first-order valence-corrected chi connectivity index (χ1v) is 17.4. The van der Waals surface area contributed by atoms with Crippen molar-refractivity contribution in [2.24, 2.45) is 0 Å². The number of rotatable bonds is 7. The van der Waals surface area contributed by atoms with E-state index in [0.717, 1.165) is 34.1 Å². The van der Waals surface area contributed by atoms with Crippen LogP contribution in [0.5, 0.6) is 23.0 Å². The van der Waals surface area contributed by atoms with Crippen LogP contribution < -0.4 is 29.6 Å². The van der Waals surface area contributed by atoms with Crippen LogP contribution in [0.3, 0.4) is 0 Å². The summed E-state index contributed by atoms with van der Waals surface area (Å²) in [5.41, 5.74) is 2.30. The summed E-state index contributed by atoms with van der Waals surface area (Å²) in [6.07, 6.45) is 0. The summed E-state index contributed by atoms with van der Waals surface area (Å²) in [5, 5.41) is 2.37. The predicted octanol–water partition coefficient (Wildman–Crippen LogP) is 8.79. The molecule has 4 aromatic rings. The zero-order valence-corrected chi connectivity index (χ0v) is 27.1. The Morgan fingerprint density at radius 2 is 0.905 bits per heavy atom. The largest absolute Gasteiger partial charge is 0.488 e. The molecule has 0 amide bonds. The summed E-state index contributed by atoms with van der Waals surface area (Å²) in [6, 6.07) is 33.2. The van der Waals surface area contributed by atoms with Crippen LogP contribution in [-0.2, 0) is 13.2 Å². The van der Waals surface area contributed by atoms with Crippen molar-refractivity contribution >= 4 is 26.5 Å². The maximum atomic E-state index is 6.95. The Morgan fingerprint density at radius 3 is 1.26 bits per heavy atom. The van der Waals surface area contributed by atoms with Gasteiger partial charge in [0.25, 0.3) is 0 Å². The van der Waals surface area contributed by atoms with Crippen molar-refractivity contribution in [2.75, 3.05) is 0 Å². The summed E-state index contributed by atoms with van der Waals surface area (Å²) in [4.78, 5) is 0. The van der Waals surface area contributed by atoms with Gasteiger partial charge in [-0.2, -0.15) is 0 Å². The minimum absolute atomic E-state index is 0.0267. The van der Waals surface area contributed by atoms with Crippen LogP contribution >= 0.6 is 15.8 Å². The van der Waals surface area contributed by atoms with Crippen molar-refractivity contribution < 1.29 is 18.9 Å². The first kappa shape index (κ1) is 29.0. The lowest BCUT2D eigenvalue weighted by Gasteiger charge is -2.39. The molecule has 0 bridgehead atoms. The second kappa shape index (κ2) is 11.6. The third kappa shape index (κ3) is 5.77. The molecule has 0 saturated carbocycles. The molecule has 0 saturated heterocycles. The lowest BCUT2D eigenvalue weighted by molar-refractivity contribution is 0.171. The van der Waals surface area contributed by atoms with E-state index in [1.54, 1.807) is 0 Å². The summed E-state index contributed by atoms with van der Waals surface area (Å²) in [6.45, 7) is 15.0. The van der Waals surface area contributed by atoms with Crippen LogP contribution in [0.1, 0.15) is 52.7 Å². The Hall–Kier alpha value is -3.06. The molecule has 0 N–H and O–H groups in total. The van der Waals surface area contributed by atoms with Gasteiger partial charge < -0.3 is 18.9 Å². The molecule has 0 aromatic heterocycles. The molecule has 2 aliphatic rings. The topological polar surface area (TPSA) is 36.9 Å². The average molecular weight is 599 g/mol. The lowest BCUT2D eigenvalue weighted by Crippen LogP contribution is -2.38. The second-order valence-corrected chi connectivity index (χ2v) is 18.9. The highest BCUT2D eigenvalue weighted by Gasteiger charge is 2.55. The van der Waals surface area contributed by atoms with Gasteiger partial charge in [-0.05, 0) is 61.5 Å². The molecule has 0 fully saturated rings. The first-order valence-electron chi connectivity index (χ1n) is 14.6. The fourth-order valence-corrected chi connectivity index (χ4v) is 12.5. The third-order valence-corrected chi connectivity index (χ3v) is 14.3. The van der Waals surface area contributed by atoms with Gasteiger partial charge in [-0.3, -0.25) is 0 Å². The van der Waals surface area contributed by atoms with Crippen LogP contribution in [0.15, 0.2) is 97.1 Å². The number of ether oxygens (including phenoxy) is 4. The van der Waals surface area contributed by atoms with Crippen LogP contribution in [-0.4, -0.2) is 22.0 Å². The van der Waals surface area contributed by atoms with E-state index in [9.17, 15) is 0 Å². The van der Waals surface area contributed by atoms with Crippen LogP contribution in [0.2, 0.25) is 0 Å². The van der Waals surface area contributed by atoms with Crippen molar-refractivity contribution in [1.82, 2.24) is 0 Å². The maximum Gasteiger partial charge on any atom is 0.162 e. The molecule has 4 atom stereocenters. The first-order chi connectivity index (χ1) is 20.1. The summed E-state index contributed by atoms with van der Waals surface area (Å²) >= 11 is 0. The maximum absolute atomic E-state index is 6.95. The van der Waals surface area contributed by atoms with Gasteiger partial charge in [0.05, 0.1) is 10.6 Å². The Balaban J connectivity index is 1.35.